The van der Waals surface area contributed by atoms with Crippen LogP contribution in [0.4, 0.5) is 9.59 Å². The first-order valence-electron chi connectivity index (χ1n) is 5.06. The molecule has 0 saturated carbocycles. The summed E-state index contributed by atoms with van der Waals surface area (Å²) in [5.74, 6) is 0. The van der Waals surface area contributed by atoms with E-state index in [2.05, 4.69) is 35.9 Å². The van der Waals surface area contributed by atoms with Gasteiger partial charge in [-0.2, -0.15) is 0 Å². The molecule has 0 fully saturated rings. The molecule has 0 bridgehead atoms. The van der Waals surface area contributed by atoms with Crippen molar-refractivity contribution in [3.63, 3.8) is 0 Å². The van der Waals surface area contributed by atoms with Crippen LogP contribution < -0.4 is 10.6 Å². The van der Waals surface area contributed by atoms with Crippen molar-refractivity contribution in [1.29, 1.82) is 0 Å². The molecule has 0 aromatic rings. The Kier molecular flexibility index (Phi) is 9.92. The maximum absolute atomic E-state index is 10.4. The van der Waals surface area contributed by atoms with Gasteiger partial charge < -0.3 is 10.6 Å². The molecule has 2 amide bonds. The van der Waals surface area contributed by atoms with Gasteiger partial charge in [0.15, 0.2) is 0 Å². The van der Waals surface area contributed by atoms with Gasteiger partial charge in [0.25, 0.3) is 10.5 Å². The molecular formula is C9H18N2O2S2. The lowest BCUT2D eigenvalue weighted by molar-refractivity contribution is 0.260. The van der Waals surface area contributed by atoms with E-state index in [1.807, 2.05) is 0 Å². The van der Waals surface area contributed by atoms with Gasteiger partial charge in [-0.3, -0.25) is 9.59 Å². The van der Waals surface area contributed by atoms with Gasteiger partial charge in [0, 0.05) is 13.1 Å². The number of hydrogen-bond donors (Lipinski definition) is 4. The number of rotatable bonds is 8. The molecule has 0 unspecified atom stereocenters. The monoisotopic (exact) mass is 250 g/mol. The fourth-order valence-electron chi connectivity index (χ4n) is 1.17. The Labute approximate surface area is 101 Å². The Hall–Kier alpha value is -0.360. The molecular weight excluding hydrogens is 232 g/mol. The zero-order valence-corrected chi connectivity index (χ0v) is 10.4. The standard InChI is InChI=1S/C9H18N2O2S2/c12-8(14)10-6-4-2-1-3-5-7-11-9(13)15/h1-7H2,(H2,10,12,14)(H2,11,13,15). The fraction of sp³-hybridized carbons (Fsp3) is 0.778. The first-order valence-corrected chi connectivity index (χ1v) is 5.96. The van der Waals surface area contributed by atoms with Crippen molar-refractivity contribution < 1.29 is 9.59 Å². The largest absolute Gasteiger partial charge is 0.347 e. The van der Waals surface area contributed by atoms with Gasteiger partial charge in [0.05, 0.1) is 0 Å². The molecule has 2 N–H and O–H groups in total. The highest BCUT2D eigenvalue weighted by Crippen LogP contribution is 2.01. The second-order valence-electron chi connectivity index (χ2n) is 3.23. The van der Waals surface area contributed by atoms with Gasteiger partial charge in [-0.15, -0.1) is 0 Å². The molecule has 0 aromatic carbocycles. The predicted octanol–water partition coefficient (Wildman–Crippen LogP) is 2.22. The van der Waals surface area contributed by atoms with Crippen LogP contribution in [0.15, 0.2) is 0 Å². The van der Waals surface area contributed by atoms with Crippen molar-refractivity contribution in [2.45, 2.75) is 32.1 Å². The molecule has 6 heteroatoms. The zero-order chi connectivity index (χ0) is 11.5. The summed E-state index contributed by atoms with van der Waals surface area (Å²) in [5.41, 5.74) is 0. The summed E-state index contributed by atoms with van der Waals surface area (Å²) in [6, 6.07) is 0. The lowest BCUT2D eigenvalue weighted by Crippen LogP contribution is -2.18. The molecule has 0 rings (SSSR count). The van der Waals surface area contributed by atoms with Crippen molar-refractivity contribution in [2.75, 3.05) is 13.1 Å². The van der Waals surface area contributed by atoms with Crippen LogP contribution in [0.3, 0.4) is 0 Å². The van der Waals surface area contributed by atoms with Gasteiger partial charge >= 0.3 is 0 Å². The lowest BCUT2D eigenvalue weighted by atomic mass is 10.1. The topological polar surface area (TPSA) is 58.2 Å². The van der Waals surface area contributed by atoms with Crippen molar-refractivity contribution in [3.8, 4) is 0 Å². The molecule has 0 heterocycles. The molecule has 4 nitrogen and oxygen atoms in total. The Morgan fingerprint density at radius 3 is 1.40 bits per heavy atom. The van der Waals surface area contributed by atoms with Gasteiger partial charge in [-0.1, -0.05) is 44.5 Å². The third-order valence-corrected chi connectivity index (χ3v) is 2.22. The molecule has 88 valence electrons. The maximum Gasteiger partial charge on any atom is 0.275 e. The average Bonchev–Trinajstić information content (AvgIpc) is 2.14. The number of thiol groups is 2. The number of carbonyl (C=O) groups excluding carboxylic acids is 2. The van der Waals surface area contributed by atoms with E-state index in [1.165, 1.54) is 0 Å². The molecule has 15 heavy (non-hydrogen) atoms. The Bertz CT molecular complexity index is 181. The predicted molar refractivity (Wildman–Crippen MR) is 67.9 cm³/mol. The molecule has 0 saturated heterocycles. The van der Waals surface area contributed by atoms with Gasteiger partial charge in [0.1, 0.15) is 0 Å². The molecule has 0 radical (unpaired) electrons. The van der Waals surface area contributed by atoms with E-state index < -0.39 is 0 Å². The summed E-state index contributed by atoms with van der Waals surface area (Å²) >= 11 is 7.18. The highest BCUT2D eigenvalue weighted by atomic mass is 32.1. The molecule has 0 atom stereocenters. The summed E-state index contributed by atoms with van der Waals surface area (Å²) < 4.78 is 0. The number of hydrogen-bond acceptors (Lipinski definition) is 2. The van der Waals surface area contributed by atoms with E-state index >= 15 is 0 Å². The molecule has 0 aliphatic rings. The van der Waals surface area contributed by atoms with Gasteiger partial charge in [-0.05, 0) is 12.8 Å². The van der Waals surface area contributed by atoms with E-state index in [0.717, 1.165) is 32.1 Å². The van der Waals surface area contributed by atoms with Crippen molar-refractivity contribution in [1.82, 2.24) is 10.6 Å². The maximum atomic E-state index is 10.4. The number of unbranched alkanes of at least 4 members (excludes halogenated alkanes) is 4. The SMILES string of the molecule is O=C(S)NCCCCCCCNC(=O)S. The Morgan fingerprint density at radius 1 is 0.733 bits per heavy atom. The summed E-state index contributed by atoms with van der Waals surface area (Å²) in [6.07, 6.45) is 5.24. The number of amides is 2. The first-order chi connectivity index (χ1) is 7.13. The fourth-order valence-corrected chi connectivity index (χ4v) is 1.39. The van der Waals surface area contributed by atoms with Gasteiger partial charge in [-0.25, -0.2) is 0 Å². The van der Waals surface area contributed by atoms with Crippen molar-refractivity contribution >= 4 is 35.7 Å². The van der Waals surface area contributed by atoms with Crippen molar-refractivity contribution in [2.24, 2.45) is 0 Å². The number of carbonyl (C=O) groups is 2. The Balaban J connectivity index is 2.99. The number of nitrogens with one attached hydrogen (secondary N) is 2. The zero-order valence-electron chi connectivity index (χ0n) is 8.66. The molecule has 0 aliphatic heterocycles. The van der Waals surface area contributed by atoms with E-state index in [0.29, 0.717) is 13.1 Å². The molecule has 0 spiro atoms. The second-order valence-corrected chi connectivity index (χ2v) is 4.04. The summed E-state index contributed by atoms with van der Waals surface area (Å²) in [4.78, 5) is 20.8. The van der Waals surface area contributed by atoms with Crippen LogP contribution in [0.2, 0.25) is 0 Å². The van der Waals surface area contributed by atoms with Crippen LogP contribution in [0.1, 0.15) is 32.1 Å². The van der Waals surface area contributed by atoms with E-state index in [9.17, 15) is 9.59 Å². The van der Waals surface area contributed by atoms with Gasteiger partial charge in [0.2, 0.25) is 0 Å². The minimum Gasteiger partial charge on any atom is -0.347 e. The highest BCUT2D eigenvalue weighted by molar-refractivity contribution is 7.96. The first kappa shape index (κ1) is 14.6. The summed E-state index contributed by atoms with van der Waals surface area (Å²) in [6.45, 7) is 1.38. The van der Waals surface area contributed by atoms with Crippen LogP contribution >= 0.6 is 25.3 Å². The Morgan fingerprint density at radius 2 is 1.07 bits per heavy atom. The highest BCUT2D eigenvalue weighted by Gasteiger charge is 1.94. The summed E-state index contributed by atoms with van der Waals surface area (Å²) in [5, 5.41) is 4.70. The van der Waals surface area contributed by atoms with Crippen LogP contribution in [-0.2, 0) is 0 Å². The molecule has 0 aliphatic carbocycles. The quantitative estimate of drug-likeness (QED) is 0.394. The normalized spacial score (nSPS) is 9.73. The third kappa shape index (κ3) is 13.6. The van der Waals surface area contributed by atoms with Crippen LogP contribution in [0, 0.1) is 0 Å². The van der Waals surface area contributed by atoms with Crippen LogP contribution in [0.25, 0.3) is 0 Å². The van der Waals surface area contributed by atoms with Crippen LogP contribution in [0.5, 0.6) is 0 Å². The minimum absolute atomic E-state index is 0.272. The smallest absolute Gasteiger partial charge is 0.275 e. The van der Waals surface area contributed by atoms with Crippen molar-refractivity contribution in [3.05, 3.63) is 0 Å². The average molecular weight is 250 g/mol. The minimum atomic E-state index is -0.272. The lowest BCUT2D eigenvalue weighted by Gasteiger charge is -2.02. The van der Waals surface area contributed by atoms with E-state index in [-0.39, 0.29) is 10.5 Å². The van der Waals surface area contributed by atoms with E-state index in [1.54, 1.807) is 0 Å². The molecule has 0 aromatic heterocycles. The summed E-state index contributed by atoms with van der Waals surface area (Å²) in [7, 11) is 0. The third-order valence-electron chi connectivity index (χ3n) is 1.91. The van der Waals surface area contributed by atoms with E-state index in [4.69, 9.17) is 0 Å². The van der Waals surface area contributed by atoms with Crippen LogP contribution in [-0.4, -0.2) is 23.6 Å². The second kappa shape index (κ2) is 10.2.